The fourth-order valence-electron chi connectivity index (χ4n) is 3.41. The molecule has 0 unspecified atom stereocenters. The van der Waals surface area contributed by atoms with E-state index >= 15 is 0 Å². The van der Waals surface area contributed by atoms with Crippen LogP contribution in [0.2, 0.25) is 0 Å². The minimum absolute atomic E-state index is 0.0421. The lowest BCUT2D eigenvalue weighted by Gasteiger charge is -2.33. The number of piperidine rings is 1. The summed E-state index contributed by atoms with van der Waals surface area (Å²) < 4.78 is 11.2. The van der Waals surface area contributed by atoms with Crippen molar-refractivity contribution in [2.75, 3.05) is 31.6 Å². The molecular formula is C21H23N3O3. The number of nitrogens with zero attached hydrogens (tertiary/aromatic N) is 2. The molecule has 1 N–H and O–H groups in total. The highest BCUT2D eigenvalue weighted by atomic mass is 16.6. The Morgan fingerprint density at radius 2 is 1.96 bits per heavy atom. The number of hydrogen-bond acceptors (Lipinski definition) is 5. The van der Waals surface area contributed by atoms with Gasteiger partial charge < -0.3 is 19.7 Å². The topological polar surface area (TPSA) is 63.7 Å². The van der Waals surface area contributed by atoms with Crippen LogP contribution in [0.1, 0.15) is 18.4 Å². The summed E-state index contributed by atoms with van der Waals surface area (Å²) in [7, 11) is 0. The van der Waals surface area contributed by atoms with E-state index in [9.17, 15) is 4.79 Å². The van der Waals surface area contributed by atoms with Gasteiger partial charge in [-0.1, -0.05) is 0 Å². The van der Waals surface area contributed by atoms with E-state index < -0.39 is 0 Å². The second kappa shape index (κ2) is 8.12. The summed E-state index contributed by atoms with van der Waals surface area (Å²) in [5.74, 6) is 1.60. The number of anilines is 1. The number of rotatable bonds is 4. The molecule has 1 aromatic carbocycles. The van der Waals surface area contributed by atoms with E-state index in [4.69, 9.17) is 9.47 Å². The smallest absolute Gasteiger partial charge is 0.246 e. The van der Waals surface area contributed by atoms with Crippen molar-refractivity contribution in [3.05, 3.63) is 54.4 Å². The van der Waals surface area contributed by atoms with Gasteiger partial charge in [0, 0.05) is 49.4 Å². The van der Waals surface area contributed by atoms with Crippen LogP contribution in [0.4, 0.5) is 5.69 Å². The average Bonchev–Trinajstić information content (AvgIpc) is 2.73. The Morgan fingerprint density at radius 3 is 2.81 bits per heavy atom. The van der Waals surface area contributed by atoms with Gasteiger partial charge in [0.25, 0.3) is 0 Å². The maximum atomic E-state index is 12.5. The van der Waals surface area contributed by atoms with Gasteiger partial charge in [0.1, 0.15) is 13.2 Å². The molecule has 2 aliphatic heterocycles. The quantitative estimate of drug-likeness (QED) is 0.844. The first-order valence-electron chi connectivity index (χ1n) is 9.31. The molecule has 0 aliphatic carbocycles. The Balaban J connectivity index is 1.36. The van der Waals surface area contributed by atoms with Crippen LogP contribution in [0, 0.1) is 0 Å². The molecule has 3 heterocycles. The van der Waals surface area contributed by atoms with Crippen LogP contribution in [-0.2, 0) is 4.79 Å². The number of hydrogen-bond donors (Lipinski definition) is 1. The van der Waals surface area contributed by atoms with Crippen LogP contribution >= 0.6 is 0 Å². The minimum Gasteiger partial charge on any atom is -0.486 e. The summed E-state index contributed by atoms with van der Waals surface area (Å²) in [5, 5.41) is 3.53. The molecule has 0 radical (unpaired) electrons. The first-order valence-corrected chi connectivity index (χ1v) is 9.31. The number of carbonyl (C=O) groups is 1. The SMILES string of the molecule is O=C(/C=C/c1ccncc1)N1CCC[C@H](Nc2ccc3c(c2)OCCO3)C1. The zero-order chi connectivity index (χ0) is 18.5. The van der Waals surface area contributed by atoms with Gasteiger partial charge in [-0.15, -0.1) is 0 Å². The molecule has 0 saturated carbocycles. The van der Waals surface area contributed by atoms with Crippen LogP contribution in [-0.4, -0.2) is 48.1 Å². The summed E-state index contributed by atoms with van der Waals surface area (Å²) in [5.41, 5.74) is 1.96. The van der Waals surface area contributed by atoms with Crippen molar-refractivity contribution in [1.29, 1.82) is 0 Å². The number of nitrogens with one attached hydrogen (secondary N) is 1. The molecule has 1 aromatic heterocycles. The first kappa shape index (κ1) is 17.4. The molecule has 4 rings (SSSR count). The van der Waals surface area contributed by atoms with Crippen molar-refractivity contribution in [3.63, 3.8) is 0 Å². The lowest BCUT2D eigenvalue weighted by molar-refractivity contribution is -0.126. The third-order valence-corrected chi connectivity index (χ3v) is 4.77. The molecule has 2 aliphatic rings. The van der Waals surface area contributed by atoms with Gasteiger partial charge in [0.2, 0.25) is 5.91 Å². The van der Waals surface area contributed by atoms with Crippen LogP contribution in [0.15, 0.2) is 48.8 Å². The maximum Gasteiger partial charge on any atom is 0.246 e. The number of amides is 1. The highest BCUT2D eigenvalue weighted by molar-refractivity contribution is 5.91. The lowest BCUT2D eigenvalue weighted by Crippen LogP contribution is -2.44. The number of carbonyl (C=O) groups excluding carboxylic acids is 1. The summed E-state index contributed by atoms with van der Waals surface area (Å²) in [6.45, 7) is 2.64. The number of ether oxygens (including phenoxy) is 2. The van der Waals surface area contributed by atoms with Gasteiger partial charge in [0.05, 0.1) is 0 Å². The molecule has 0 bridgehead atoms. The van der Waals surface area contributed by atoms with E-state index in [1.165, 1.54) is 0 Å². The van der Waals surface area contributed by atoms with E-state index in [0.29, 0.717) is 19.8 Å². The predicted octanol–water partition coefficient (Wildman–Crippen LogP) is 2.97. The number of pyridine rings is 1. The molecule has 1 atom stereocenters. The summed E-state index contributed by atoms with van der Waals surface area (Å²) in [6.07, 6.45) is 8.93. The second-order valence-electron chi connectivity index (χ2n) is 6.74. The van der Waals surface area contributed by atoms with Crippen LogP contribution in [0.25, 0.3) is 6.08 Å². The van der Waals surface area contributed by atoms with Crippen LogP contribution < -0.4 is 14.8 Å². The summed E-state index contributed by atoms with van der Waals surface area (Å²) >= 11 is 0. The van der Waals surface area contributed by atoms with Crippen molar-refractivity contribution in [2.24, 2.45) is 0 Å². The van der Waals surface area contributed by atoms with Crippen LogP contribution in [0.3, 0.4) is 0 Å². The third kappa shape index (κ3) is 4.39. The molecule has 1 saturated heterocycles. The summed E-state index contributed by atoms with van der Waals surface area (Å²) in [4.78, 5) is 18.4. The van der Waals surface area contributed by atoms with Gasteiger partial charge in [0.15, 0.2) is 11.5 Å². The highest BCUT2D eigenvalue weighted by Crippen LogP contribution is 2.33. The van der Waals surface area contributed by atoms with Crippen molar-refractivity contribution < 1.29 is 14.3 Å². The Bertz CT molecular complexity index is 823. The van der Waals surface area contributed by atoms with E-state index in [1.807, 2.05) is 41.3 Å². The van der Waals surface area contributed by atoms with Gasteiger partial charge in [-0.25, -0.2) is 0 Å². The third-order valence-electron chi connectivity index (χ3n) is 4.77. The fraction of sp³-hybridized carbons (Fsp3) is 0.333. The number of benzene rings is 1. The van der Waals surface area contributed by atoms with E-state index in [-0.39, 0.29) is 11.9 Å². The fourth-order valence-corrected chi connectivity index (χ4v) is 3.41. The second-order valence-corrected chi connectivity index (χ2v) is 6.74. The minimum atomic E-state index is 0.0421. The van der Waals surface area contributed by atoms with E-state index in [0.717, 1.165) is 42.1 Å². The Kier molecular flexibility index (Phi) is 5.23. The normalized spacial score (nSPS) is 19.1. The summed E-state index contributed by atoms with van der Waals surface area (Å²) in [6, 6.07) is 9.88. The highest BCUT2D eigenvalue weighted by Gasteiger charge is 2.23. The van der Waals surface area contributed by atoms with E-state index in [2.05, 4.69) is 10.3 Å². The molecule has 1 amide bonds. The largest absolute Gasteiger partial charge is 0.486 e. The first-order chi connectivity index (χ1) is 13.3. The molecule has 140 valence electrons. The molecule has 27 heavy (non-hydrogen) atoms. The van der Waals surface area contributed by atoms with Gasteiger partial charge >= 0.3 is 0 Å². The number of fused-ring (bicyclic) bond motifs is 1. The lowest BCUT2D eigenvalue weighted by atomic mass is 10.0. The zero-order valence-corrected chi connectivity index (χ0v) is 15.1. The van der Waals surface area contributed by atoms with Crippen molar-refractivity contribution in [1.82, 2.24) is 9.88 Å². The number of aromatic nitrogens is 1. The molecule has 2 aromatic rings. The monoisotopic (exact) mass is 365 g/mol. The predicted molar refractivity (Wildman–Crippen MR) is 104 cm³/mol. The molecule has 6 nitrogen and oxygen atoms in total. The van der Waals surface area contributed by atoms with Crippen LogP contribution in [0.5, 0.6) is 11.5 Å². The van der Waals surface area contributed by atoms with Crippen molar-refractivity contribution in [3.8, 4) is 11.5 Å². The Labute approximate surface area is 158 Å². The van der Waals surface area contributed by atoms with Gasteiger partial charge in [-0.3, -0.25) is 9.78 Å². The van der Waals surface area contributed by atoms with Crippen molar-refractivity contribution in [2.45, 2.75) is 18.9 Å². The maximum absolute atomic E-state index is 12.5. The van der Waals surface area contributed by atoms with Gasteiger partial charge in [-0.05, 0) is 48.7 Å². The number of likely N-dealkylation sites (tertiary alicyclic amines) is 1. The Hall–Kier alpha value is -3.02. The van der Waals surface area contributed by atoms with Crippen molar-refractivity contribution >= 4 is 17.7 Å². The molecule has 0 spiro atoms. The molecule has 1 fully saturated rings. The average molecular weight is 365 g/mol. The molecular weight excluding hydrogens is 342 g/mol. The standard InChI is InChI=1S/C21H23N3O3/c25-21(6-3-16-7-9-22-10-8-16)24-11-1-2-18(15-24)23-17-4-5-19-20(14-17)27-13-12-26-19/h3-10,14,18,23H,1-2,11-13,15H2/b6-3+/t18-/m0/s1. The zero-order valence-electron chi connectivity index (χ0n) is 15.1. The van der Waals surface area contributed by atoms with Gasteiger partial charge in [-0.2, -0.15) is 0 Å². The van der Waals surface area contributed by atoms with E-state index in [1.54, 1.807) is 18.5 Å². The Morgan fingerprint density at radius 1 is 1.15 bits per heavy atom. The molecule has 6 heteroatoms.